The van der Waals surface area contributed by atoms with Gasteiger partial charge in [-0.25, -0.2) is 0 Å². The Hall–Kier alpha value is -4.04. The maximum atomic E-state index is 6.52. The Labute approximate surface area is 219 Å². The third-order valence-corrected chi connectivity index (χ3v) is 8.43. The summed E-state index contributed by atoms with van der Waals surface area (Å²) in [5, 5.41) is 0. The number of hydrogen-bond donors (Lipinski definition) is 0. The van der Waals surface area contributed by atoms with Gasteiger partial charge in [0.1, 0.15) is 23.0 Å². The monoisotopic (exact) mass is 525 g/mol. The van der Waals surface area contributed by atoms with Crippen LogP contribution in [0.25, 0.3) is 0 Å². The maximum Gasteiger partial charge on any atom is 0.426 e. The van der Waals surface area contributed by atoms with Gasteiger partial charge in [0.25, 0.3) is 0 Å². The highest BCUT2D eigenvalue weighted by Gasteiger charge is 2.38. The van der Waals surface area contributed by atoms with Crippen molar-refractivity contribution in [1.29, 1.82) is 0 Å². The van der Waals surface area contributed by atoms with Crippen LogP contribution in [0.3, 0.4) is 0 Å². The summed E-state index contributed by atoms with van der Waals surface area (Å²) < 4.78 is 28.0. The van der Waals surface area contributed by atoms with E-state index in [4.69, 9.17) is 18.1 Å². The summed E-state index contributed by atoms with van der Waals surface area (Å²) in [6.45, 7) is 0. The van der Waals surface area contributed by atoms with Crippen molar-refractivity contribution in [2.24, 2.45) is 0 Å². The average molecular weight is 525 g/mol. The van der Waals surface area contributed by atoms with E-state index < -0.39 is 17.1 Å². The summed E-state index contributed by atoms with van der Waals surface area (Å²) in [7, 11) is -3.55. The molecule has 0 amide bonds. The molecular weight excluding hydrogens is 500 g/mol. The first-order chi connectivity index (χ1) is 18.3. The van der Waals surface area contributed by atoms with E-state index in [0.717, 1.165) is 5.69 Å². The van der Waals surface area contributed by atoms with Crippen LogP contribution in [0, 0.1) is 0 Å². The Morgan fingerprint density at radius 3 is 0.838 bits per heavy atom. The minimum absolute atomic E-state index is 0.680. The smallest absolute Gasteiger partial charge is 0.422 e. The molecule has 0 radical (unpaired) electrons. The molecule has 0 spiro atoms. The molecule has 5 nitrogen and oxygen atoms in total. The lowest BCUT2D eigenvalue weighted by atomic mass is 10.3. The molecule has 0 saturated carbocycles. The van der Waals surface area contributed by atoms with E-state index in [2.05, 4.69) is 0 Å². The average Bonchev–Trinajstić information content (AvgIpc) is 2.96. The van der Waals surface area contributed by atoms with E-state index in [1.165, 1.54) is 0 Å². The Balaban J connectivity index is 1.59. The summed E-state index contributed by atoms with van der Waals surface area (Å²) in [5.74, 6) is 2.72. The van der Waals surface area contributed by atoms with Gasteiger partial charge in [0.05, 0.1) is 5.69 Å². The zero-order valence-electron chi connectivity index (χ0n) is 19.9. The fraction of sp³-hybridized carbons (Fsp3) is 0. The van der Waals surface area contributed by atoms with Crippen LogP contribution in [0.15, 0.2) is 152 Å². The van der Waals surface area contributed by atoms with Crippen molar-refractivity contribution in [1.82, 2.24) is 0 Å². The van der Waals surface area contributed by atoms with Crippen molar-refractivity contribution in [3.63, 3.8) is 0 Å². The van der Waals surface area contributed by atoms with Crippen molar-refractivity contribution < 1.29 is 18.1 Å². The number of rotatable bonds is 11. The van der Waals surface area contributed by atoms with Crippen LogP contribution in [0.1, 0.15) is 0 Å². The van der Waals surface area contributed by atoms with E-state index >= 15 is 0 Å². The lowest BCUT2D eigenvalue weighted by molar-refractivity contribution is 0.470. The molecule has 37 heavy (non-hydrogen) atoms. The highest BCUT2D eigenvalue weighted by Crippen LogP contribution is 2.60. The Morgan fingerprint density at radius 2 is 0.568 bits per heavy atom. The van der Waals surface area contributed by atoms with Crippen molar-refractivity contribution in [3.8, 4) is 23.0 Å². The lowest BCUT2D eigenvalue weighted by Gasteiger charge is -2.34. The van der Waals surface area contributed by atoms with Gasteiger partial charge in [-0.15, -0.1) is 0 Å². The first-order valence-corrected chi connectivity index (χ1v) is 14.0. The number of nitrogens with zero attached hydrogens (tertiary/aromatic N) is 1. The zero-order chi connectivity index (χ0) is 25.1. The largest absolute Gasteiger partial charge is 0.426 e. The van der Waals surface area contributed by atoms with E-state index in [1.54, 1.807) is 0 Å². The molecule has 7 heteroatoms. The van der Waals surface area contributed by atoms with Gasteiger partial charge in [-0.2, -0.15) is 4.44 Å². The summed E-state index contributed by atoms with van der Waals surface area (Å²) in [6, 6.07) is 48.4. The molecule has 0 aliphatic carbocycles. The molecule has 0 N–H and O–H groups in total. The third-order valence-electron chi connectivity index (χ3n) is 5.00. The van der Waals surface area contributed by atoms with E-state index in [1.807, 2.05) is 156 Å². The summed E-state index contributed by atoms with van der Waals surface area (Å²) in [5.41, 5.74) is 0.846. The topological polar surface area (TPSA) is 40.2 Å². The fourth-order valence-electron chi connectivity index (χ4n) is 3.29. The summed E-state index contributed by atoms with van der Waals surface area (Å²) in [6.07, 6.45) is 0. The molecule has 0 saturated heterocycles. The Kier molecular flexibility index (Phi) is 8.51. The molecule has 5 aromatic carbocycles. The summed E-state index contributed by atoms with van der Waals surface area (Å²) in [4.78, 5) is 0. The molecule has 0 aliphatic heterocycles. The molecule has 0 heterocycles. The van der Waals surface area contributed by atoms with Gasteiger partial charge in [0, 0.05) is 0 Å². The van der Waals surface area contributed by atoms with Crippen LogP contribution >= 0.6 is 17.1 Å². The van der Waals surface area contributed by atoms with E-state index in [9.17, 15) is 0 Å². The van der Waals surface area contributed by atoms with Crippen molar-refractivity contribution in [3.05, 3.63) is 152 Å². The minimum atomic E-state index is -1.77. The number of benzene rings is 5. The second kappa shape index (κ2) is 12.8. The normalized spacial score (nSPS) is 10.6. The van der Waals surface area contributed by atoms with Crippen molar-refractivity contribution in [2.75, 3.05) is 4.44 Å². The number of para-hydroxylation sites is 5. The fourth-order valence-corrected chi connectivity index (χ4v) is 6.44. The first-order valence-electron chi connectivity index (χ1n) is 11.7. The Bertz CT molecular complexity index is 1160. The second-order valence-corrected chi connectivity index (χ2v) is 10.5. The van der Waals surface area contributed by atoms with Crippen LogP contribution in [0.2, 0.25) is 0 Å². The predicted octanol–water partition coefficient (Wildman–Crippen LogP) is 9.26. The van der Waals surface area contributed by atoms with Crippen LogP contribution in [0.5, 0.6) is 23.0 Å². The molecule has 0 atom stereocenters. The minimum Gasteiger partial charge on any atom is -0.422 e. The van der Waals surface area contributed by atoms with Crippen LogP contribution < -0.4 is 22.5 Å². The van der Waals surface area contributed by atoms with Crippen LogP contribution in [0.4, 0.5) is 5.69 Å². The van der Waals surface area contributed by atoms with E-state index in [0.29, 0.717) is 23.0 Å². The predicted molar refractivity (Wildman–Crippen MR) is 151 cm³/mol. The van der Waals surface area contributed by atoms with Gasteiger partial charge < -0.3 is 18.1 Å². The first kappa shape index (κ1) is 24.6. The van der Waals surface area contributed by atoms with Crippen molar-refractivity contribution >= 4 is 22.7 Å². The standard InChI is InChI=1S/C30H25NO4P2/c1-6-16-26(17-7-1)31(36(32-27-18-8-2-9-19-27)33-28-20-10-3-11-21-28)37(34-29-22-12-4-13-23-29)35-30-24-14-5-15-25-30/h1-25H. The maximum absolute atomic E-state index is 6.52. The third kappa shape index (κ3) is 7.01. The molecule has 5 rings (SSSR count). The van der Waals surface area contributed by atoms with E-state index in [-0.39, 0.29) is 0 Å². The molecule has 184 valence electrons. The quantitative estimate of drug-likeness (QED) is 0.161. The summed E-state index contributed by atoms with van der Waals surface area (Å²) >= 11 is 0. The van der Waals surface area contributed by atoms with Gasteiger partial charge in [-0.1, -0.05) is 91.0 Å². The highest BCUT2D eigenvalue weighted by molar-refractivity contribution is 7.68. The van der Waals surface area contributed by atoms with Gasteiger partial charge in [0.2, 0.25) is 0 Å². The van der Waals surface area contributed by atoms with Gasteiger partial charge in [0.15, 0.2) is 0 Å². The zero-order valence-corrected chi connectivity index (χ0v) is 21.7. The number of hydrogen-bond acceptors (Lipinski definition) is 5. The number of anilines is 1. The SMILES string of the molecule is c1ccc(OP(Oc2ccccc2)N(c2ccccc2)P(Oc2ccccc2)Oc2ccccc2)cc1. The molecular formula is C30H25NO4P2. The van der Waals surface area contributed by atoms with Gasteiger partial charge in [-0.05, 0) is 60.7 Å². The van der Waals surface area contributed by atoms with Crippen LogP contribution in [-0.4, -0.2) is 0 Å². The molecule has 5 aromatic rings. The van der Waals surface area contributed by atoms with Crippen molar-refractivity contribution in [2.45, 2.75) is 0 Å². The molecule has 0 unspecified atom stereocenters. The molecule has 0 fully saturated rings. The molecule has 0 aromatic heterocycles. The van der Waals surface area contributed by atoms with Gasteiger partial charge >= 0.3 is 17.1 Å². The molecule has 0 bridgehead atoms. The van der Waals surface area contributed by atoms with Gasteiger partial charge in [-0.3, -0.25) is 0 Å². The second-order valence-electron chi connectivity index (χ2n) is 7.72. The highest BCUT2D eigenvalue weighted by atomic mass is 31.2. The van der Waals surface area contributed by atoms with Crippen LogP contribution in [-0.2, 0) is 0 Å². The molecule has 0 aliphatic rings. The lowest BCUT2D eigenvalue weighted by Crippen LogP contribution is -2.22. The Morgan fingerprint density at radius 1 is 0.324 bits per heavy atom.